The lowest BCUT2D eigenvalue weighted by Gasteiger charge is -2.24. The molecule has 0 aliphatic heterocycles. The number of aromatic nitrogens is 1. The molecule has 0 saturated carbocycles. The van der Waals surface area contributed by atoms with Crippen LogP contribution < -0.4 is 4.31 Å². The Morgan fingerprint density at radius 1 is 1.08 bits per heavy atom. The fraction of sp³-hybridized carbons (Fsp3) is 0.118. The summed E-state index contributed by atoms with van der Waals surface area (Å²) >= 11 is 0. The number of aliphatic hydroxyl groups excluding tert-OH is 1. The van der Waals surface area contributed by atoms with Crippen LogP contribution in [0.25, 0.3) is 10.9 Å². The van der Waals surface area contributed by atoms with Gasteiger partial charge >= 0.3 is 0 Å². The second kappa shape index (κ2) is 6.54. The van der Waals surface area contributed by atoms with Crippen molar-refractivity contribution in [3.8, 4) is 0 Å². The molecule has 24 heavy (non-hydrogen) atoms. The molecule has 124 valence electrons. The zero-order chi connectivity index (χ0) is 17.2. The summed E-state index contributed by atoms with van der Waals surface area (Å²) in [4.78, 5) is 4.22. The molecule has 0 saturated heterocycles. The Bertz CT molecular complexity index is 971. The van der Waals surface area contributed by atoms with Crippen molar-refractivity contribution in [1.82, 2.24) is 4.98 Å². The third-order valence-electron chi connectivity index (χ3n) is 3.57. The first-order valence-electron chi connectivity index (χ1n) is 7.27. The number of benzene rings is 2. The van der Waals surface area contributed by atoms with E-state index in [-0.39, 0.29) is 17.1 Å². The van der Waals surface area contributed by atoms with Crippen molar-refractivity contribution in [1.29, 1.82) is 0 Å². The molecule has 0 aliphatic carbocycles. The molecule has 3 rings (SSSR count). The SMILES string of the molecule is O=S(=O)(c1cccc2ncccc12)N(CCO)c1cccc(F)c1. The van der Waals surface area contributed by atoms with Crippen molar-refractivity contribution in [3.63, 3.8) is 0 Å². The van der Waals surface area contributed by atoms with Crippen LogP contribution in [-0.2, 0) is 10.0 Å². The van der Waals surface area contributed by atoms with Gasteiger partial charge < -0.3 is 5.11 Å². The highest BCUT2D eigenvalue weighted by Crippen LogP contribution is 2.28. The first-order valence-corrected chi connectivity index (χ1v) is 8.71. The zero-order valence-corrected chi connectivity index (χ0v) is 13.4. The van der Waals surface area contributed by atoms with Crippen molar-refractivity contribution in [2.24, 2.45) is 0 Å². The maximum Gasteiger partial charge on any atom is 0.265 e. The first-order chi connectivity index (χ1) is 11.5. The minimum absolute atomic E-state index is 0.0609. The number of nitrogens with zero attached hydrogens (tertiary/aromatic N) is 2. The molecular formula is C17H15FN2O3S. The van der Waals surface area contributed by atoms with Crippen LogP contribution in [0.2, 0.25) is 0 Å². The lowest BCUT2D eigenvalue weighted by molar-refractivity contribution is 0.306. The summed E-state index contributed by atoms with van der Waals surface area (Å²) in [6.45, 7) is -0.568. The van der Waals surface area contributed by atoms with Crippen LogP contribution in [0.4, 0.5) is 10.1 Å². The van der Waals surface area contributed by atoms with Crippen molar-refractivity contribution in [2.45, 2.75) is 4.90 Å². The Balaban J connectivity index is 2.19. The van der Waals surface area contributed by atoms with Gasteiger partial charge in [-0.3, -0.25) is 9.29 Å². The normalized spacial score (nSPS) is 11.6. The lowest BCUT2D eigenvalue weighted by Crippen LogP contribution is -2.33. The molecule has 0 spiro atoms. The van der Waals surface area contributed by atoms with Crippen molar-refractivity contribution in [2.75, 3.05) is 17.5 Å². The Morgan fingerprint density at radius 2 is 1.88 bits per heavy atom. The summed E-state index contributed by atoms with van der Waals surface area (Å²) in [6, 6.07) is 13.4. The Labute approximate surface area is 139 Å². The van der Waals surface area contributed by atoms with Crippen LogP contribution in [0, 0.1) is 5.82 Å². The van der Waals surface area contributed by atoms with Crippen LogP contribution in [-0.4, -0.2) is 31.7 Å². The van der Waals surface area contributed by atoms with E-state index in [0.29, 0.717) is 10.9 Å². The van der Waals surface area contributed by atoms with Gasteiger partial charge in [-0.1, -0.05) is 12.1 Å². The van der Waals surface area contributed by atoms with Crippen LogP contribution in [0.3, 0.4) is 0 Å². The van der Waals surface area contributed by atoms with Crippen LogP contribution >= 0.6 is 0 Å². The zero-order valence-electron chi connectivity index (χ0n) is 12.6. The van der Waals surface area contributed by atoms with Gasteiger partial charge in [-0.2, -0.15) is 0 Å². The molecule has 3 aromatic rings. The van der Waals surface area contributed by atoms with Gasteiger partial charge in [0.1, 0.15) is 5.82 Å². The average molecular weight is 346 g/mol. The molecule has 1 N–H and O–H groups in total. The smallest absolute Gasteiger partial charge is 0.265 e. The number of rotatable bonds is 5. The largest absolute Gasteiger partial charge is 0.394 e. The summed E-state index contributed by atoms with van der Waals surface area (Å²) in [5.74, 6) is -0.551. The van der Waals surface area contributed by atoms with Gasteiger partial charge in [0.05, 0.1) is 29.3 Å². The first kappa shape index (κ1) is 16.4. The summed E-state index contributed by atoms with van der Waals surface area (Å²) in [5.41, 5.74) is 0.701. The molecule has 0 aliphatic rings. The number of pyridine rings is 1. The molecule has 7 heteroatoms. The monoisotopic (exact) mass is 346 g/mol. The van der Waals surface area contributed by atoms with Gasteiger partial charge in [0.15, 0.2) is 0 Å². The molecule has 0 unspecified atom stereocenters. The van der Waals surface area contributed by atoms with Crippen LogP contribution in [0.5, 0.6) is 0 Å². The van der Waals surface area contributed by atoms with E-state index in [1.165, 1.54) is 24.3 Å². The quantitative estimate of drug-likeness (QED) is 0.771. The number of anilines is 1. The number of aliphatic hydroxyl groups is 1. The number of fused-ring (bicyclic) bond motifs is 1. The molecule has 0 bridgehead atoms. The van der Waals surface area contributed by atoms with E-state index in [2.05, 4.69) is 4.98 Å². The second-order valence-electron chi connectivity index (χ2n) is 5.11. The second-order valence-corrected chi connectivity index (χ2v) is 6.94. The van der Waals surface area contributed by atoms with Gasteiger partial charge in [0.2, 0.25) is 0 Å². The third-order valence-corrected chi connectivity index (χ3v) is 5.46. The topological polar surface area (TPSA) is 70.5 Å². The van der Waals surface area contributed by atoms with Gasteiger partial charge in [0, 0.05) is 11.6 Å². The third kappa shape index (κ3) is 2.95. The average Bonchev–Trinajstić information content (AvgIpc) is 2.59. The molecule has 0 amide bonds. The predicted molar refractivity (Wildman–Crippen MR) is 89.8 cm³/mol. The highest BCUT2D eigenvalue weighted by molar-refractivity contribution is 7.93. The standard InChI is InChI=1S/C17H15FN2O3S/c18-13-4-1-5-14(12-13)20(10-11-21)24(22,23)17-8-2-7-16-15(17)6-3-9-19-16/h1-9,12,21H,10-11H2. The maximum atomic E-state index is 13.5. The highest BCUT2D eigenvalue weighted by Gasteiger charge is 2.26. The number of halogens is 1. The fourth-order valence-corrected chi connectivity index (χ4v) is 4.18. The molecule has 1 heterocycles. The minimum Gasteiger partial charge on any atom is -0.394 e. The van der Waals surface area contributed by atoms with E-state index < -0.39 is 22.4 Å². The summed E-state index contributed by atoms with van der Waals surface area (Å²) in [7, 11) is -3.99. The molecule has 0 atom stereocenters. The summed E-state index contributed by atoms with van der Waals surface area (Å²) in [5, 5.41) is 9.75. The van der Waals surface area contributed by atoms with Crippen molar-refractivity contribution in [3.05, 3.63) is 66.6 Å². The van der Waals surface area contributed by atoms with Gasteiger partial charge in [-0.15, -0.1) is 0 Å². The Kier molecular flexibility index (Phi) is 4.46. The highest BCUT2D eigenvalue weighted by atomic mass is 32.2. The van der Waals surface area contributed by atoms with Gasteiger partial charge in [-0.25, -0.2) is 12.8 Å². The Hall–Kier alpha value is -2.51. The van der Waals surface area contributed by atoms with Crippen molar-refractivity contribution < 1.29 is 17.9 Å². The molecular weight excluding hydrogens is 331 g/mol. The number of sulfonamides is 1. The number of hydrogen-bond donors (Lipinski definition) is 1. The van der Waals surface area contributed by atoms with Crippen molar-refractivity contribution >= 4 is 26.6 Å². The van der Waals surface area contributed by atoms with Crippen LogP contribution in [0.1, 0.15) is 0 Å². The summed E-state index contributed by atoms with van der Waals surface area (Å²) < 4.78 is 40.7. The van der Waals surface area contributed by atoms with E-state index in [0.717, 1.165) is 10.4 Å². The van der Waals surface area contributed by atoms with E-state index in [1.54, 1.807) is 30.5 Å². The van der Waals surface area contributed by atoms with E-state index in [1.807, 2.05) is 0 Å². The molecule has 0 fully saturated rings. The molecule has 2 aromatic carbocycles. The Morgan fingerprint density at radius 3 is 2.62 bits per heavy atom. The van der Waals surface area contributed by atoms with E-state index >= 15 is 0 Å². The molecule has 5 nitrogen and oxygen atoms in total. The molecule has 0 radical (unpaired) electrons. The predicted octanol–water partition coefficient (Wildman–Crippen LogP) is 2.56. The maximum absolute atomic E-state index is 13.5. The van der Waals surface area contributed by atoms with Gasteiger partial charge in [-0.05, 0) is 42.5 Å². The minimum atomic E-state index is -3.99. The van der Waals surface area contributed by atoms with E-state index in [4.69, 9.17) is 0 Å². The fourth-order valence-electron chi connectivity index (χ4n) is 2.53. The van der Waals surface area contributed by atoms with Gasteiger partial charge in [0.25, 0.3) is 10.0 Å². The molecule has 1 aromatic heterocycles. The summed E-state index contributed by atoms with van der Waals surface area (Å²) in [6.07, 6.45) is 1.58. The number of hydrogen-bond acceptors (Lipinski definition) is 4. The van der Waals surface area contributed by atoms with E-state index in [9.17, 15) is 17.9 Å². The lowest BCUT2D eigenvalue weighted by atomic mass is 10.2. The van der Waals surface area contributed by atoms with Crippen LogP contribution in [0.15, 0.2) is 65.7 Å².